The molecule has 0 bridgehead atoms. The second-order valence-electron chi connectivity index (χ2n) is 4.32. The van der Waals surface area contributed by atoms with Gasteiger partial charge in [-0.1, -0.05) is 17.7 Å². The van der Waals surface area contributed by atoms with Gasteiger partial charge in [-0.2, -0.15) is 0 Å². The van der Waals surface area contributed by atoms with Crippen molar-refractivity contribution in [3.05, 3.63) is 64.2 Å². The molecule has 2 rings (SSSR count). The molecule has 0 aliphatic carbocycles. The minimum Gasteiger partial charge on any atom is -0.495 e. The van der Waals surface area contributed by atoms with Gasteiger partial charge in [-0.25, -0.2) is 8.78 Å². The van der Waals surface area contributed by atoms with Gasteiger partial charge in [-0.3, -0.25) is 0 Å². The number of ether oxygens (including phenoxy) is 1. The highest BCUT2D eigenvalue weighted by Crippen LogP contribution is 2.30. The van der Waals surface area contributed by atoms with Crippen molar-refractivity contribution in [2.45, 2.75) is 6.04 Å². The predicted octanol–water partition coefficient (Wildman–Crippen LogP) is 3.94. The molecule has 106 valence electrons. The maximum atomic E-state index is 13.3. The Bertz CT molecular complexity index is 599. The van der Waals surface area contributed by atoms with Crippen LogP contribution in [0.15, 0.2) is 36.4 Å². The predicted molar refractivity (Wildman–Crippen MR) is 75.3 cm³/mol. The van der Waals surface area contributed by atoms with Crippen molar-refractivity contribution in [3.63, 3.8) is 0 Å². The van der Waals surface area contributed by atoms with Crippen LogP contribution in [0.2, 0.25) is 5.02 Å². The van der Waals surface area contributed by atoms with E-state index >= 15 is 0 Å². The summed E-state index contributed by atoms with van der Waals surface area (Å²) in [6.45, 7) is 0. The molecule has 0 aliphatic heterocycles. The average molecular weight is 298 g/mol. The Morgan fingerprint density at radius 2 is 1.70 bits per heavy atom. The quantitative estimate of drug-likeness (QED) is 0.923. The smallest absolute Gasteiger partial charge is 0.137 e. The monoisotopic (exact) mass is 297 g/mol. The van der Waals surface area contributed by atoms with E-state index in [-0.39, 0.29) is 6.04 Å². The molecule has 2 nitrogen and oxygen atoms in total. The molecule has 1 unspecified atom stereocenters. The number of halogens is 3. The largest absolute Gasteiger partial charge is 0.495 e. The lowest BCUT2D eigenvalue weighted by molar-refractivity contribution is 0.414. The summed E-state index contributed by atoms with van der Waals surface area (Å²) in [4.78, 5) is 0. The third-order valence-electron chi connectivity index (χ3n) is 3.02. The number of benzene rings is 2. The average Bonchev–Trinajstić information content (AvgIpc) is 2.40. The van der Waals surface area contributed by atoms with Crippen molar-refractivity contribution in [1.29, 1.82) is 0 Å². The molecule has 0 aromatic heterocycles. The third-order valence-corrected chi connectivity index (χ3v) is 3.33. The molecule has 0 spiro atoms. The first-order chi connectivity index (χ1) is 9.55. The molecule has 0 saturated carbocycles. The first-order valence-electron chi connectivity index (χ1n) is 6.02. The molecule has 1 atom stereocenters. The zero-order valence-corrected chi connectivity index (χ0v) is 11.8. The van der Waals surface area contributed by atoms with Gasteiger partial charge < -0.3 is 10.1 Å². The molecular formula is C15H14ClF2NO. The van der Waals surface area contributed by atoms with Crippen molar-refractivity contribution < 1.29 is 13.5 Å². The van der Waals surface area contributed by atoms with Crippen LogP contribution >= 0.6 is 11.6 Å². The van der Waals surface area contributed by atoms with E-state index in [4.69, 9.17) is 16.3 Å². The number of methoxy groups -OCH3 is 1. The Labute approximate surface area is 121 Å². The van der Waals surface area contributed by atoms with E-state index in [1.54, 1.807) is 25.2 Å². The lowest BCUT2D eigenvalue weighted by Crippen LogP contribution is -2.18. The summed E-state index contributed by atoms with van der Waals surface area (Å²) in [7, 11) is 3.23. The Morgan fingerprint density at radius 3 is 2.25 bits per heavy atom. The van der Waals surface area contributed by atoms with Gasteiger partial charge in [0.05, 0.1) is 18.2 Å². The highest BCUT2D eigenvalue weighted by molar-refractivity contribution is 6.32. The van der Waals surface area contributed by atoms with Crippen molar-refractivity contribution >= 4 is 11.6 Å². The lowest BCUT2D eigenvalue weighted by Gasteiger charge is -2.18. The number of hydrogen-bond donors (Lipinski definition) is 1. The van der Waals surface area contributed by atoms with Gasteiger partial charge in [0.25, 0.3) is 0 Å². The van der Waals surface area contributed by atoms with Crippen LogP contribution in [0.3, 0.4) is 0 Å². The molecule has 5 heteroatoms. The first-order valence-corrected chi connectivity index (χ1v) is 6.39. The van der Waals surface area contributed by atoms with Crippen molar-refractivity contribution in [2.24, 2.45) is 0 Å². The van der Waals surface area contributed by atoms with Crippen LogP contribution in [0.4, 0.5) is 8.78 Å². The van der Waals surface area contributed by atoms with Gasteiger partial charge in [0.1, 0.15) is 17.4 Å². The molecule has 2 aromatic carbocycles. The summed E-state index contributed by atoms with van der Waals surface area (Å²) in [5.74, 6) is -0.705. The molecule has 1 N–H and O–H groups in total. The second-order valence-corrected chi connectivity index (χ2v) is 4.73. The Hall–Kier alpha value is -1.65. The van der Waals surface area contributed by atoms with Crippen LogP contribution in [-0.4, -0.2) is 14.2 Å². The molecule has 0 fully saturated rings. The standard InChI is InChI=1S/C15H14ClF2NO/c1-19-15(10-5-11(17)8-12(18)6-10)9-3-4-13(16)14(7-9)20-2/h3-8,15,19H,1-2H3. The van der Waals surface area contributed by atoms with Gasteiger partial charge in [0.15, 0.2) is 0 Å². The van der Waals surface area contributed by atoms with E-state index in [0.717, 1.165) is 11.6 Å². The third kappa shape index (κ3) is 3.08. The fourth-order valence-corrected chi connectivity index (χ4v) is 2.32. The molecule has 0 heterocycles. The van der Waals surface area contributed by atoms with Crippen LogP contribution < -0.4 is 10.1 Å². The normalized spacial score (nSPS) is 12.2. The summed E-state index contributed by atoms with van der Waals surface area (Å²) in [5.41, 5.74) is 1.30. The fraction of sp³-hybridized carbons (Fsp3) is 0.200. The summed E-state index contributed by atoms with van der Waals surface area (Å²) >= 11 is 5.98. The summed E-state index contributed by atoms with van der Waals surface area (Å²) in [5, 5.41) is 3.51. The zero-order valence-electron chi connectivity index (χ0n) is 11.1. The zero-order chi connectivity index (χ0) is 14.7. The molecule has 2 aromatic rings. The highest BCUT2D eigenvalue weighted by Gasteiger charge is 2.15. The van der Waals surface area contributed by atoms with Crippen LogP contribution in [0.5, 0.6) is 5.75 Å². The maximum Gasteiger partial charge on any atom is 0.137 e. The number of rotatable bonds is 4. The van der Waals surface area contributed by atoms with Gasteiger partial charge in [0.2, 0.25) is 0 Å². The first kappa shape index (κ1) is 14.8. The van der Waals surface area contributed by atoms with Crippen LogP contribution in [0, 0.1) is 11.6 Å². The van der Waals surface area contributed by atoms with Gasteiger partial charge in [-0.05, 0) is 42.4 Å². The number of hydrogen-bond acceptors (Lipinski definition) is 2. The number of nitrogens with one attached hydrogen (secondary N) is 1. The van der Waals surface area contributed by atoms with E-state index < -0.39 is 11.6 Å². The van der Waals surface area contributed by atoms with Crippen molar-refractivity contribution in [3.8, 4) is 5.75 Å². The molecule has 0 radical (unpaired) electrons. The lowest BCUT2D eigenvalue weighted by atomic mass is 9.98. The van der Waals surface area contributed by atoms with E-state index in [1.807, 2.05) is 0 Å². The van der Waals surface area contributed by atoms with E-state index in [2.05, 4.69) is 5.32 Å². The van der Waals surface area contributed by atoms with Crippen LogP contribution in [0.1, 0.15) is 17.2 Å². The minimum atomic E-state index is -0.610. The Balaban J connectivity index is 2.46. The summed E-state index contributed by atoms with van der Waals surface area (Å²) < 4.78 is 31.8. The molecule has 0 aliphatic rings. The van der Waals surface area contributed by atoms with Gasteiger partial charge in [0, 0.05) is 6.07 Å². The van der Waals surface area contributed by atoms with Crippen molar-refractivity contribution in [1.82, 2.24) is 5.32 Å². The maximum absolute atomic E-state index is 13.3. The van der Waals surface area contributed by atoms with E-state index in [9.17, 15) is 8.78 Å². The molecule has 20 heavy (non-hydrogen) atoms. The molecule has 0 saturated heterocycles. The topological polar surface area (TPSA) is 21.3 Å². The second kappa shape index (κ2) is 6.20. The highest BCUT2D eigenvalue weighted by atomic mass is 35.5. The van der Waals surface area contributed by atoms with Gasteiger partial charge >= 0.3 is 0 Å². The van der Waals surface area contributed by atoms with Gasteiger partial charge in [-0.15, -0.1) is 0 Å². The van der Waals surface area contributed by atoms with Crippen LogP contribution in [0.25, 0.3) is 0 Å². The minimum absolute atomic E-state index is 0.355. The molecular weight excluding hydrogens is 284 g/mol. The van der Waals surface area contributed by atoms with Crippen LogP contribution in [-0.2, 0) is 0 Å². The van der Waals surface area contributed by atoms with Crippen molar-refractivity contribution in [2.75, 3.05) is 14.2 Å². The summed E-state index contributed by atoms with van der Waals surface area (Å²) in [6, 6.07) is 8.30. The fourth-order valence-electron chi connectivity index (χ4n) is 2.12. The SMILES string of the molecule is CNC(c1cc(F)cc(F)c1)c1ccc(Cl)c(OC)c1. The van der Waals surface area contributed by atoms with E-state index in [1.165, 1.54) is 19.2 Å². The Morgan fingerprint density at radius 1 is 1.05 bits per heavy atom. The van der Waals surface area contributed by atoms with E-state index in [0.29, 0.717) is 16.3 Å². The Kier molecular flexibility index (Phi) is 4.57. The molecule has 0 amide bonds. The summed E-state index contributed by atoms with van der Waals surface area (Å²) in [6.07, 6.45) is 0.